The van der Waals surface area contributed by atoms with Gasteiger partial charge in [-0.1, -0.05) is 6.92 Å². The van der Waals surface area contributed by atoms with Crippen molar-refractivity contribution < 1.29 is 19.4 Å². The van der Waals surface area contributed by atoms with E-state index in [4.69, 9.17) is 4.74 Å². The molecule has 0 aromatic rings. The smallest absolute Gasteiger partial charge is 0.311 e. The Morgan fingerprint density at radius 1 is 1.40 bits per heavy atom. The van der Waals surface area contributed by atoms with Crippen molar-refractivity contribution in [2.24, 2.45) is 11.3 Å². The maximum absolute atomic E-state index is 11.8. The van der Waals surface area contributed by atoms with Crippen LogP contribution in [0.3, 0.4) is 0 Å². The second-order valence-corrected chi connectivity index (χ2v) is 6.13. The summed E-state index contributed by atoms with van der Waals surface area (Å²) >= 11 is 0. The summed E-state index contributed by atoms with van der Waals surface area (Å²) in [5.74, 6) is -0.288. The van der Waals surface area contributed by atoms with Crippen molar-refractivity contribution >= 4 is 11.9 Å². The molecule has 2 N–H and O–H groups in total. The van der Waals surface area contributed by atoms with Gasteiger partial charge in [0.25, 0.3) is 0 Å². The van der Waals surface area contributed by atoms with Crippen LogP contribution in [0.5, 0.6) is 0 Å². The first-order valence-corrected chi connectivity index (χ1v) is 7.42. The molecule has 1 amide bonds. The van der Waals surface area contributed by atoms with Crippen molar-refractivity contribution in [1.82, 2.24) is 5.32 Å². The Kier molecular flexibility index (Phi) is 6.46. The van der Waals surface area contributed by atoms with Gasteiger partial charge < -0.3 is 15.2 Å². The molecule has 1 aliphatic carbocycles. The average Bonchev–Trinajstić information content (AvgIpc) is 2.44. The zero-order valence-electron chi connectivity index (χ0n) is 12.8. The van der Waals surface area contributed by atoms with Gasteiger partial charge in [0.15, 0.2) is 0 Å². The van der Waals surface area contributed by atoms with Crippen LogP contribution in [0.4, 0.5) is 0 Å². The van der Waals surface area contributed by atoms with Crippen molar-refractivity contribution in [2.75, 3.05) is 13.7 Å². The molecule has 1 rings (SSSR count). The van der Waals surface area contributed by atoms with Crippen LogP contribution in [-0.2, 0) is 14.3 Å². The summed E-state index contributed by atoms with van der Waals surface area (Å²) in [7, 11) is 1.62. The van der Waals surface area contributed by atoms with E-state index in [1.54, 1.807) is 7.11 Å². The van der Waals surface area contributed by atoms with E-state index in [0.29, 0.717) is 31.6 Å². The van der Waals surface area contributed by atoms with Gasteiger partial charge in [-0.25, -0.2) is 0 Å². The molecule has 1 fully saturated rings. The molecular weight excluding hydrogens is 258 g/mol. The Morgan fingerprint density at radius 3 is 2.50 bits per heavy atom. The number of carboxylic acid groups (broad SMARTS) is 1. The lowest BCUT2D eigenvalue weighted by molar-refractivity contribution is -0.151. The van der Waals surface area contributed by atoms with Crippen LogP contribution < -0.4 is 5.32 Å². The van der Waals surface area contributed by atoms with Gasteiger partial charge in [-0.15, -0.1) is 0 Å². The van der Waals surface area contributed by atoms with E-state index >= 15 is 0 Å². The molecule has 0 bridgehead atoms. The van der Waals surface area contributed by atoms with Crippen LogP contribution in [0, 0.1) is 11.3 Å². The predicted octanol–water partition coefficient (Wildman–Crippen LogP) is 2.20. The van der Waals surface area contributed by atoms with Gasteiger partial charge in [0.2, 0.25) is 5.91 Å². The molecule has 116 valence electrons. The first kappa shape index (κ1) is 17.0. The van der Waals surface area contributed by atoms with Gasteiger partial charge in [-0.2, -0.15) is 0 Å². The molecule has 0 saturated heterocycles. The summed E-state index contributed by atoms with van der Waals surface area (Å²) in [6.45, 7) is 4.31. The van der Waals surface area contributed by atoms with Crippen molar-refractivity contribution in [1.29, 1.82) is 0 Å². The maximum Gasteiger partial charge on any atom is 0.311 e. The minimum atomic E-state index is -0.782. The average molecular weight is 285 g/mol. The number of carbonyl (C=O) groups excluding carboxylic acids is 1. The lowest BCUT2D eigenvalue weighted by atomic mass is 9.71. The van der Waals surface area contributed by atoms with E-state index in [1.807, 2.05) is 6.92 Å². The summed E-state index contributed by atoms with van der Waals surface area (Å²) in [6.07, 6.45) is 4.22. The number of amides is 1. The van der Waals surface area contributed by atoms with Crippen LogP contribution in [0.2, 0.25) is 0 Å². The highest BCUT2D eigenvalue weighted by atomic mass is 16.5. The first-order valence-electron chi connectivity index (χ1n) is 7.42. The number of aliphatic carboxylic acids is 1. The summed E-state index contributed by atoms with van der Waals surface area (Å²) < 4.78 is 5.09. The van der Waals surface area contributed by atoms with E-state index < -0.39 is 11.4 Å². The minimum Gasteiger partial charge on any atom is -0.481 e. The molecule has 5 heteroatoms. The SMILES string of the molecule is COC(C)CCC(=O)NCC1(C(=O)O)CCC(C)CC1. The molecule has 1 unspecified atom stereocenters. The topological polar surface area (TPSA) is 75.6 Å². The molecule has 20 heavy (non-hydrogen) atoms. The summed E-state index contributed by atoms with van der Waals surface area (Å²) in [5.41, 5.74) is -0.769. The lowest BCUT2D eigenvalue weighted by Crippen LogP contribution is -2.45. The minimum absolute atomic E-state index is 0.0460. The number of nitrogens with one attached hydrogen (secondary N) is 1. The van der Waals surface area contributed by atoms with Crippen molar-refractivity contribution in [2.45, 2.75) is 58.5 Å². The van der Waals surface area contributed by atoms with Crippen LogP contribution in [0.15, 0.2) is 0 Å². The fraction of sp³-hybridized carbons (Fsp3) is 0.867. The number of hydrogen-bond donors (Lipinski definition) is 2. The quantitative estimate of drug-likeness (QED) is 0.752. The molecule has 1 aliphatic rings. The number of carboxylic acids is 1. The monoisotopic (exact) mass is 285 g/mol. The second kappa shape index (κ2) is 7.62. The van der Waals surface area contributed by atoms with Crippen molar-refractivity contribution in [3.05, 3.63) is 0 Å². The van der Waals surface area contributed by atoms with Gasteiger partial charge in [-0.3, -0.25) is 9.59 Å². The summed E-state index contributed by atoms with van der Waals surface area (Å²) in [6, 6.07) is 0. The fourth-order valence-corrected chi connectivity index (χ4v) is 2.59. The van der Waals surface area contributed by atoms with Crippen molar-refractivity contribution in [3.8, 4) is 0 Å². The third kappa shape index (κ3) is 4.78. The van der Waals surface area contributed by atoms with E-state index in [0.717, 1.165) is 12.8 Å². The number of carbonyl (C=O) groups is 2. The highest BCUT2D eigenvalue weighted by molar-refractivity contribution is 5.79. The van der Waals surface area contributed by atoms with Gasteiger partial charge in [0, 0.05) is 20.1 Å². The summed E-state index contributed by atoms with van der Waals surface area (Å²) in [4.78, 5) is 23.3. The highest BCUT2D eigenvalue weighted by Gasteiger charge is 2.41. The molecule has 0 heterocycles. The first-order chi connectivity index (χ1) is 9.39. The standard InChI is InChI=1S/C15H27NO4/c1-11-6-8-15(9-7-11,14(18)19)10-16-13(17)5-4-12(2)20-3/h11-12H,4-10H2,1-3H3,(H,16,17)(H,18,19). The van der Waals surface area contributed by atoms with Crippen LogP contribution in [-0.4, -0.2) is 36.7 Å². The number of ether oxygens (including phenoxy) is 1. The molecule has 0 aromatic heterocycles. The number of methoxy groups -OCH3 is 1. The molecule has 0 spiro atoms. The number of hydrogen-bond acceptors (Lipinski definition) is 3. The Morgan fingerprint density at radius 2 is 2.00 bits per heavy atom. The van der Waals surface area contributed by atoms with E-state index in [-0.39, 0.29) is 18.6 Å². The maximum atomic E-state index is 11.8. The van der Waals surface area contributed by atoms with E-state index in [1.165, 1.54) is 0 Å². The third-order valence-electron chi connectivity index (χ3n) is 4.49. The molecule has 0 radical (unpaired) electrons. The molecule has 0 aliphatic heterocycles. The van der Waals surface area contributed by atoms with Gasteiger partial charge in [0.05, 0.1) is 11.5 Å². The predicted molar refractivity (Wildman–Crippen MR) is 76.4 cm³/mol. The van der Waals surface area contributed by atoms with Gasteiger partial charge in [0.1, 0.15) is 0 Å². The Labute approximate surface area is 121 Å². The van der Waals surface area contributed by atoms with Crippen LogP contribution >= 0.6 is 0 Å². The van der Waals surface area contributed by atoms with Crippen LogP contribution in [0.25, 0.3) is 0 Å². The Hall–Kier alpha value is -1.10. The van der Waals surface area contributed by atoms with E-state index in [9.17, 15) is 14.7 Å². The largest absolute Gasteiger partial charge is 0.481 e. The summed E-state index contributed by atoms with van der Waals surface area (Å²) in [5, 5.41) is 12.3. The zero-order valence-corrected chi connectivity index (χ0v) is 12.8. The second-order valence-electron chi connectivity index (χ2n) is 6.13. The van der Waals surface area contributed by atoms with Gasteiger partial charge in [-0.05, 0) is 44.9 Å². The van der Waals surface area contributed by atoms with Crippen LogP contribution in [0.1, 0.15) is 52.4 Å². The molecule has 5 nitrogen and oxygen atoms in total. The lowest BCUT2D eigenvalue weighted by Gasteiger charge is -2.35. The molecule has 1 saturated carbocycles. The molecule has 1 atom stereocenters. The third-order valence-corrected chi connectivity index (χ3v) is 4.49. The number of rotatable bonds is 7. The Balaban J connectivity index is 2.43. The zero-order chi connectivity index (χ0) is 15.2. The Bertz CT molecular complexity index is 335. The van der Waals surface area contributed by atoms with Gasteiger partial charge >= 0.3 is 5.97 Å². The molecule has 0 aromatic carbocycles. The fourth-order valence-electron chi connectivity index (χ4n) is 2.59. The molecular formula is C15H27NO4. The van der Waals surface area contributed by atoms with Crippen molar-refractivity contribution in [3.63, 3.8) is 0 Å². The van der Waals surface area contributed by atoms with E-state index in [2.05, 4.69) is 12.2 Å². The highest BCUT2D eigenvalue weighted by Crippen LogP contribution is 2.38. The normalized spacial score (nSPS) is 27.9.